The van der Waals surface area contributed by atoms with Gasteiger partial charge >= 0.3 is 0 Å². The van der Waals surface area contributed by atoms with Crippen molar-refractivity contribution in [2.45, 2.75) is 6.54 Å². The third-order valence-corrected chi connectivity index (χ3v) is 4.37. The van der Waals surface area contributed by atoms with Gasteiger partial charge in [0.25, 0.3) is 11.7 Å². The average Bonchev–Trinajstić information content (AvgIpc) is 2.88. The lowest BCUT2D eigenvalue weighted by atomic mass is 10.1. The Balaban J connectivity index is 2.01. The van der Waals surface area contributed by atoms with Crippen LogP contribution in [0.1, 0.15) is 15.2 Å². The lowest BCUT2D eigenvalue weighted by molar-refractivity contribution is -0.114. The number of amides is 1. The first-order chi connectivity index (χ1) is 9.06. The van der Waals surface area contributed by atoms with Crippen LogP contribution in [0.3, 0.4) is 0 Å². The lowest BCUT2D eigenvalue weighted by Gasteiger charge is -2.15. The van der Waals surface area contributed by atoms with Crippen LogP contribution >= 0.6 is 38.9 Å². The zero-order valence-corrected chi connectivity index (χ0v) is 12.6. The SMILES string of the molecule is O=C1C(=O)N(Cc2cnc(Cl)s2)c2cc(Br)ccc21. The topological polar surface area (TPSA) is 50.3 Å². The summed E-state index contributed by atoms with van der Waals surface area (Å²) in [7, 11) is 0. The molecule has 0 fully saturated rings. The molecule has 3 rings (SSSR count). The molecule has 1 aromatic heterocycles. The zero-order chi connectivity index (χ0) is 13.6. The van der Waals surface area contributed by atoms with E-state index in [1.165, 1.54) is 16.2 Å². The summed E-state index contributed by atoms with van der Waals surface area (Å²) in [6.45, 7) is 0.304. The Morgan fingerprint density at radius 1 is 1.37 bits per heavy atom. The molecule has 19 heavy (non-hydrogen) atoms. The number of nitrogens with zero attached hydrogens (tertiary/aromatic N) is 2. The average molecular weight is 358 g/mol. The Morgan fingerprint density at radius 3 is 2.84 bits per heavy atom. The molecule has 4 nitrogen and oxygen atoms in total. The van der Waals surface area contributed by atoms with E-state index >= 15 is 0 Å². The van der Waals surface area contributed by atoms with Crippen LogP contribution in [-0.4, -0.2) is 16.7 Å². The maximum absolute atomic E-state index is 12.0. The molecular weight excluding hydrogens is 352 g/mol. The van der Waals surface area contributed by atoms with Gasteiger partial charge in [0.1, 0.15) is 0 Å². The molecule has 0 spiro atoms. The number of hydrogen-bond acceptors (Lipinski definition) is 4. The smallest absolute Gasteiger partial charge is 0.299 e. The van der Waals surface area contributed by atoms with E-state index < -0.39 is 11.7 Å². The summed E-state index contributed by atoms with van der Waals surface area (Å²) in [5.74, 6) is -0.990. The Morgan fingerprint density at radius 2 is 2.16 bits per heavy atom. The highest BCUT2D eigenvalue weighted by molar-refractivity contribution is 9.10. The van der Waals surface area contributed by atoms with Gasteiger partial charge in [-0.25, -0.2) is 4.98 Å². The van der Waals surface area contributed by atoms with E-state index in [0.717, 1.165) is 9.35 Å². The standard InChI is InChI=1S/C12H6BrClN2O2S/c13-6-1-2-8-9(3-6)16(11(18)10(8)17)5-7-4-15-12(14)19-7/h1-4H,5H2. The molecule has 96 valence electrons. The Labute approximate surface area is 126 Å². The molecule has 2 heterocycles. The van der Waals surface area contributed by atoms with Gasteiger partial charge in [-0.1, -0.05) is 27.5 Å². The van der Waals surface area contributed by atoms with Crippen molar-refractivity contribution in [3.63, 3.8) is 0 Å². The minimum absolute atomic E-state index is 0.304. The fourth-order valence-electron chi connectivity index (χ4n) is 1.94. The second-order valence-corrected chi connectivity index (χ2v) is 6.57. The number of anilines is 1. The van der Waals surface area contributed by atoms with Gasteiger partial charge in [-0.15, -0.1) is 11.3 Å². The molecule has 1 aromatic carbocycles. The van der Waals surface area contributed by atoms with Crippen molar-refractivity contribution in [3.8, 4) is 0 Å². The molecule has 7 heteroatoms. The summed E-state index contributed by atoms with van der Waals surface area (Å²) in [6, 6.07) is 5.16. The van der Waals surface area contributed by atoms with Crippen LogP contribution in [0.4, 0.5) is 5.69 Å². The number of hydrogen-bond donors (Lipinski definition) is 0. The van der Waals surface area contributed by atoms with E-state index in [0.29, 0.717) is 22.3 Å². The monoisotopic (exact) mass is 356 g/mol. The van der Waals surface area contributed by atoms with Gasteiger partial charge in [-0.05, 0) is 18.2 Å². The predicted octanol–water partition coefficient (Wildman–Crippen LogP) is 3.29. The number of ketones is 1. The molecular formula is C12H6BrClN2O2S. The number of aromatic nitrogens is 1. The Hall–Kier alpha value is -1.24. The highest BCUT2D eigenvalue weighted by Gasteiger charge is 2.36. The van der Waals surface area contributed by atoms with Gasteiger partial charge in [0.2, 0.25) is 0 Å². The van der Waals surface area contributed by atoms with E-state index in [1.807, 2.05) is 0 Å². The molecule has 2 aromatic rings. The number of carbonyl (C=O) groups excluding carboxylic acids is 2. The van der Waals surface area contributed by atoms with Gasteiger partial charge in [0.15, 0.2) is 4.47 Å². The van der Waals surface area contributed by atoms with Crippen molar-refractivity contribution < 1.29 is 9.59 Å². The summed E-state index contributed by atoms with van der Waals surface area (Å²) in [4.78, 5) is 30.1. The van der Waals surface area contributed by atoms with Gasteiger partial charge in [-0.3, -0.25) is 14.5 Å². The van der Waals surface area contributed by atoms with Gasteiger partial charge in [0, 0.05) is 15.5 Å². The molecule has 1 aliphatic heterocycles. The van der Waals surface area contributed by atoms with Crippen LogP contribution in [0.15, 0.2) is 28.9 Å². The maximum Gasteiger partial charge on any atom is 0.299 e. The van der Waals surface area contributed by atoms with Gasteiger partial charge in [-0.2, -0.15) is 0 Å². The molecule has 0 radical (unpaired) electrons. The van der Waals surface area contributed by atoms with Crippen molar-refractivity contribution >= 4 is 56.2 Å². The number of fused-ring (bicyclic) bond motifs is 1. The molecule has 0 aliphatic carbocycles. The first-order valence-electron chi connectivity index (χ1n) is 5.32. The number of halogens is 2. The van der Waals surface area contributed by atoms with E-state index in [1.54, 1.807) is 24.4 Å². The third-order valence-electron chi connectivity index (χ3n) is 2.77. The number of benzene rings is 1. The van der Waals surface area contributed by atoms with Crippen molar-refractivity contribution in [1.82, 2.24) is 4.98 Å². The number of Topliss-reactive ketones (excluding diaryl/α,β-unsaturated/α-hetero) is 1. The molecule has 1 aliphatic rings. The van der Waals surface area contributed by atoms with E-state index in [4.69, 9.17) is 11.6 Å². The van der Waals surface area contributed by atoms with E-state index in [-0.39, 0.29) is 0 Å². The highest BCUT2D eigenvalue weighted by Crippen LogP contribution is 2.33. The fourth-order valence-corrected chi connectivity index (χ4v) is 3.25. The van der Waals surface area contributed by atoms with Gasteiger partial charge in [0.05, 0.1) is 17.8 Å². The summed E-state index contributed by atoms with van der Waals surface area (Å²) in [6.07, 6.45) is 1.61. The summed E-state index contributed by atoms with van der Waals surface area (Å²) < 4.78 is 1.24. The van der Waals surface area contributed by atoms with Crippen LogP contribution in [0.2, 0.25) is 4.47 Å². The van der Waals surface area contributed by atoms with Gasteiger partial charge < -0.3 is 0 Å². The minimum Gasteiger partial charge on any atom is -0.299 e. The lowest BCUT2D eigenvalue weighted by Crippen LogP contribution is -2.28. The van der Waals surface area contributed by atoms with Crippen molar-refractivity contribution in [3.05, 3.63) is 43.8 Å². The third kappa shape index (κ3) is 2.20. The molecule has 0 atom stereocenters. The molecule has 0 N–H and O–H groups in total. The Kier molecular flexibility index (Phi) is 3.16. The predicted molar refractivity (Wildman–Crippen MR) is 76.8 cm³/mol. The van der Waals surface area contributed by atoms with Crippen LogP contribution in [0, 0.1) is 0 Å². The maximum atomic E-state index is 12.0. The Bertz CT molecular complexity index is 701. The van der Waals surface area contributed by atoms with E-state index in [9.17, 15) is 9.59 Å². The number of thiazole rings is 1. The van der Waals surface area contributed by atoms with Crippen LogP contribution in [0.25, 0.3) is 0 Å². The molecule has 0 saturated carbocycles. The first-order valence-corrected chi connectivity index (χ1v) is 7.31. The van der Waals surface area contributed by atoms with Crippen molar-refractivity contribution in [2.75, 3.05) is 4.90 Å². The van der Waals surface area contributed by atoms with Crippen LogP contribution in [-0.2, 0) is 11.3 Å². The van der Waals surface area contributed by atoms with Crippen LogP contribution < -0.4 is 4.90 Å². The number of rotatable bonds is 2. The second kappa shape index (κ2) is 4.70. The summed E-state index contributed by atoms with van der Waals surface area (Å²) in [5.41, 5.74) is 1.05. The highest BCUT2D eigenvalue weighted by atomic mass is 79.9. The summed E-state index contributed by atoms with van der Waals surface area (Å²) in [5, 5.41) is 0. The van der Waals surface area contributed by atoms with E-state index in [2.05, 4.69) is 20.9 Å². The number of carbonyl (C=O) groups is 2. The fraction of sp³-hybridized carbons (Fsp3) is 0.0833. The normalized spacial score (nSPS) is 14.1. The largest absolute Gasteiger partial charge is 0.299 e. The second-order valence-electron chi connectivity index (χ2n) is 3.96. The van der Waals surface area contributed by atoms with Crippen molar-refractivity contribution in [1.29, 1.82) is 0 Å². The zero-order valence-electron chi connectivity index (χ0n) is 9.39. The minimum atomic E-state index is -0.516. The molecule has 0 unspecified atom stereocenters. The molecule has 1 amide bonds. The van der Waals surface area contributed by atoms with Crippen molar-refractivity contribution in [2.24, 2.45) is 0 Å². The summed E-state index contributed by atoms with van der Waals surface area (Å²) >= 11 is 10.4. The molecule has 0 saturated heterocycles. The first kappa shape index (κ1) is 12.8. The quantitative estimate of drug-likeness (QED) is 0.775. The molecule has 0 bridgehead atoms. The van der Waals surface area contributed by atoms with Crippen LogP contribution in [0.5, 0.6) is 0 Å².